The summed E-state index contributed by atoms with van der Waals surface area (Å²) in [5.41, 5.74) is 0. The summed E-state index contributed by atoms with van der Waals surface area (Å²) >= 11 is 0. The number of unbranched alkanes of at least 4 members (excludes halogenated alkanes) is 3. The van der Waals surface area contributed by atoms with Gasteiger partial charge in [0.2, 0.25) is 0 Å². The molecule has 1 saturated heterocycles. The lowest BCUT2D eigenvalue weighted by Gasteiger charge is -2.24. The van der Waals surface area contributed by atoms with Crippen LogP contribution in [0.15, 0.2) is 0 Å². The van der Waals surface area contributed by atoms with Crippen LogP contribution in [0.1, 0.15) is 32.6 Å². The molecular formula is C6H15B3N3. The highest BCUT2D eigenvalue weighted by molar-refractivity contribution is 6.65. The highest BCUT2D eigenvalue weighted by atomic mass is 15.1. The van der Waals surface area contributed by atoms with Crippen molar-refractivity contribution in [1.82, 2.24) is 15.0 Å². The van der Waals surface area contributed by atoms with Gasteiger partial charge in [-0.05, 0) is 13.0 Å². The van der Waals surface area contributed by atoms with Gasteiger partial charge in [-0.1, -0.05) is 26.2 Å². The summed E-state index contributed by atoms with van der Waals surface area (Å²) in [6, 6.07) is 0. The molecule has 0 aliphatic carbocycles. The van der Waals surface area contributed by atoms with E-state index < -0.39 is 0 Å². The fourth-order valence-corrected chi connectivity index (χ4v) is 1.20. The molecule has 0 unspecified atom stereocenters. The zero-order valence-corrected chi connectivity index (χ0v) is 7.71. The van der Waals surface area contributed by atoms with Crippen molar-refractivity contribution < 1.29 is 0 Å². The SMILES string of the molecule is CCCCCCN1[B]N[B]N[B]1. The van der Waals surface area contributed by atoms with Gasteiger partial charge in [-0.25, -0.2) is 0 Å². The Bertz CT molecular complexity index is 108. The second-order valence-electron chi connectivity index (χ2n) is 3.03. The molecule has 1 aliphatic heterocycles. The smallest absolute Gasteiger partial charge is 0.287 e. The molecular weight excluding hydrogens is 147 g/mol. The van der Waals surface area contributed by atoms with E-state index in [2.05, 4.69) is 21.9 Å². The largest absolute Gasteiger partial charge is 0.379 e. The Kier molecular flexibility index (Phi) is 5.57. The van der Waals surface area contributed by atoms with Crippen LogP contribution in [0.25, 0.3) is 0 Å². The summed E-state index contributed by atoms with van der Waals surface area (Å²) in [6.45, 7) is 3.34. The third-order valence-corrected chi connectivity index (χ3v) is 1.92. The van der Waals surface area contributed by atoms with E-state index in [1.54, 1.807) is 0 Å². The topological polar surface area (TPSA) is 27.3 Å². The molecule has 0 aromatic rings. The molecule has 2 N–H and O–H groups in total. The first kappa shape index (κ1) is 10.2. The summed E-state index contributed by atoms with van der Waals surface area (Å²) in [5.74, 6) is 0. The van der Waals surface area contributed by atoms with Crippen LogP contribution >= 0.6 is 0 Å². The maximum absolute atomic E-state index is 3.01. The van der Waals surface area contributed by atoms with Gasteiger partial charge in [-0.2, -0.15) is 0 Å². The fourth-order valence-electron chi connectivity index (χ4n) is 1.20. The van der Waals surface area contributed by atoms with E-state index in [0.29, 0.717) is 0 Å². The van der Waals surface area contributed by atoms with Crippen molar-refractivity contribution in [3.8, 4) is 0 Å². The van der Waals surface area contributed by atoms with Crippen LogP contribution in [0, 0.1) is 0 Å². The molecule has 3 nitrogen and oxygen atoms in total. The lowest BCUT2D eigenvalue weighted by Crippen LogP contribution is -2.58. The maximum Gasteiger partial charge on any atom is 0.287 e. The molecule has 3 radical (unpaired) electrons. The van der Waals surface area contributed by atoms with Gasteiger partial charge in [0, 0.05) is 0 Å². The van der Waals surface area contributed by atoms with Gasteiger partial charge in [-0.3, -0.25) is 0 Å². The number of hydrogen-bond acceptors (Lipinski definition) is 3. The first-order valence-corrected chi connectivity index (χ1v) is 4.69. The molecule has 63 valence electrons. The molecule has 0 aromatic carbocycles. The van der Waals surface area contributed by atoms with Crippen LogP contribution in [-0.2, 0) is 0 Å². The van der Waals surface area contributed by atoms with Crippen molar-refractivity contribution in [3.05, 3.63) is 0 Å². The molecule has 1 aliphatic rings. The summed E-state index contributed by atoms with van der Waals surface area (Å²) in [5, 5.41) is 6.02. The molecule has 0 aromatic heterocycles. The van der Waals surface area contributed by atoms with Gasteiger partial charge in [0.15, 0.2) is 0 Å². The number of nitrogens with zero attached hydrogens (tertiary/aromatic N) is 1. The fraction of sp³-hybridized carbons (Fsp3) is 1.00. The van der Waals surface area contributed by atoms with E-state index in [1.165, 1.54) is 25.7 Å². The Morgan fingerprint density at radius 2 is 1.83 bits per heavy atom. The van der Waals surface area contributed by atoms with E-state index >= 15 is 0 Å². The molecule has 0 spiro atoms. The van der Waals surface area contributed by atoms with Crippen LogP contribution in [0.2, 0.25) is 0 Å². The van der Waals surface area contributed by atoms with E-state index in [9.17, 15) is 0 Å². The van der Waals surface area contributed by atoms with Crippen molar-refractivity contribution >= 4 is 22.6 Å². The third-order valence-electron chi connectivity index (χ3n) is 1.92. The van der Waals surface area contributed by atoms with E-state index in [-0.39, 0.29) is 0 Å². The highest BCUT2D eigenvalue weighted by Gasteiger charge is 2.12. The summed E-state index contributed by atoms with van der Waals surface area (Å²) in [6.07, 6.45) is 5.25. The van der Waals surface area contributed by atoms with Gasteiger partial charge in [0.05, 0.1) is 0 Å². The van der Waals surface area contributed by atoms with E-state index in [4.69, 9.17) is 0 Å². The zero-order chi connectivity index (χ0) is 8.65. The van der Waals surface area contributed by atoms with Crippen molar-refractivity contribution in [2.75, 3.05) is 6.54 Å². The molecule has 1 heterocycles. The second-order valence-corrected chi connectivity index (χ2v) is 3.03. The van der Waals surface area contributed by atoms with Crippen molar-refractivity contribution in [3.63, 3.8) is 0 Å². The lowest BCUT2D eigenvalue weighted by atomic mass is 9.80. The summed E-state index contributed by atoms with van der Waals surface area (Å²) in [7, 11) is 5.76. The van der Waals surface area contributed by atoms with Gasteiger partial charge >= 0.3 is 0 Å². The minimum atomic E-state index is 1.10. The Morgan fingerprint density at radius 1 is 1.08 bits per heavy atom. The predicted molar refractivity (Wildman–Crippen MR) is 54.4 cm³/mol. The van der Waals surface area contributed by atoms with Crippen molar-refractivity contribution in [2.45, 2.75) is 32.6 Å². The Labute approximate surface area is 77.5 Å². The van der Waals surface area contributed by atoms with Crippen molar-refractivity contribution in [2.24, 2.45) is 0 Å². The molecule has 0 saturated carbocycles. The van der Waals surface area contributed by atoms with Gasteiger partial charge < -0.3 is 15.0 Å². The molecule has 0 bridgehead atoms. The number of hydrogen-bond donors (Lipinski definition) is 2. The quantitative estimate of drug-likeness (QED) is 0.427. The van der Waals surface area contributed by atoms with E-state index in [1.807, 2.05) is 22.6 Å². The Balaban J connectivity index is 1.91. The minimum absolute atomic E-state index is 1.10. The molecule has 1 fully saturated rings. The maximum atomic E-state index is 3.01. The zero-order valence-electron chi connectivity index (χ0n) is 7.71. The van der Waals surface area contributed by atoms with Gasteiger partial charge in [-0.15, -0.1) is 0 Å². The standard InChI is InChI=1S/C6H15B3N3/c1-2-3-4-5-6-12-8-10-7-11-9-12/h10-11H,2-6H2,1H3. The Hall–Kier alpha value is 0.0748. The highest BCUT2D eigenvalue weighted by Crippen LogP contribution is 1.99. The Morgan fingerprint density at radius 3 is 2.50 bits per heavy atom. The minimum Gasteiger partial charge on any atom is -0.379 e. The third kappa shape index (κ3) is 4.19. The van der Waals surface area contributed by atoms with Crippen LogP contribution < -0.4 is 10.3 Å². The molecule has 6 heteroatoms. The van der Waals surface area contributed by atoms with E-state index in [0.717, 1.165) is 6.54 Å². The average molecular weight is 162 g/mol. The monoisotopic (exact) mass is 162 g/mol. The van der Waals surface area contributed by atoms with Crippen LogP contribution in [0.3, 0.4) is 0 Å². The van der Waals surface area contributed by atoms with Crippen LogP contribution in [0.5, 0.6) is 0 Å². The normalized spacial score (nSPS) is 17.8. The lowest BCUT2D eigenvalue weighted by molar-refractivity contribution is 0.568. The van der Waals surface area contributed by atoms with Crippen LogP contribution in [-0.4, -0.2) is 33.9 Å². The van der Waals surface area contributed by atoms with Gasteiger partial charge in [0.25, 0.3) is 22.6 Å². The first-order chi connectivity index (χ1) is 5.93. The second kappa shape index (κ2) is 6.58. The molecule has 12 heavy (non-hydrogen) atoms. The molecule has 0 amide bonds. The molecule has 1 rings (SSSR count). The predicted octanol–water partition coefficient (Wildman–Crippen LogP) is -0.336. The average Bonchev–Trinajstić information content (AvgIpc) is 2.14. The van der Waals surface area contributed by atoms with Crippen molar-refractivity contribution in [1.29, 1.82) is 0 Å². The molecule has 0 atom stereocenters. The summed E-state index contributed by atoms with van der Waals surface area (Å²) < 4.78 is 2.13. The summed E-state index contributed by atoms with van der Waals surface area (Å²) in [4.78, 5) is 0. The number of nitrogens with one attached hydrogen (secondary N) is 2. The van der Waals surface area contributed by atoms with Gasteiger partial charge in [0.1, 0.15) is 0 Å². The van der Waals surface area contributed by atoms with Crippen LogP contribution in [0.4, 0.5) is 0 Å². The first-order valence-electron chi connectivity index (χ1n) is 4.69. The number of rotatable bonds is 5.